The van der Waals surface area contributed by atoms with Gasteiger partial charge in [0.1, 0.15) is 5.60 Å². The maximum atomic E-state index is 12.9. The summed E-state index contributed by atoms with van der Waals surface area (Å²) in [7, 11) is 0. The second-order valence-electron chi connectivity index (χ2n) is 14.7. The van der Waals surface area contributed by atoms with Crippen LogP contribution in [0.3, 0.4) is 0 Å². The number of esters is 1. The molecule has 0 bridgehead atoms. The Labute approximate surface area is 286 Å². The molecule has 15 nitrogen and oxygen atoms in total. The van der Waals surface area contributed by atoms with Crippen molar-refractivity contribution in [3.8, 4) is 0 Å². The Bertz CT molecular complexity index is 1230. The summed E-state index contributed by atoms with van der Waals surface area (Å²) in [6.07, 6.45) is 3.71. The van der Waals surface area contributed by atoms with Crippen molar-refractivity contribution in [2.45, 2.75) is 135 Å². The molecule has 1 N–H and O–H groups in total. The maximum absolute atomic E-state index is 12.9. The average Bonchev–Trinajstić information content (AvgIpc) is 3.54. The third-order valence-corrected chi connectivity index (χ3v) is 9.84. The highest BCUT2D eigenvalue weighted by Crippen LogP contribution is 2.34. The van der Waals surface area contributed by atoms with Crippen molar-refractivity contribution in [2.75, 3.05) is 13.2 Å². The van der Waals surface area contributed by atoms with E-state index in [-0.39, 0.29) is 50.1 Å². The first-order valence-electron chi connectivity index (χ1n) is 17.4. The zero-order valence-electron chi connectivity index (χ0n) is 28.9. The summed E-state index contributed by atoms with van der Waals surface area (Å²) in [6.45, 7) is 8.01. The first-order valence-corrected chi connectivity index (χ1v) is 17.4. The molecular weight excluding hydrogens is 644 g/mol. The van der Waals surface area contributed by atoms with Crippen LogP contribution in [0.15, 0.2) is 0 Å². The molecule has 15 heteroatoms. The number of amides is 4. The second kappa shape index (κ2) is 16.5. The van der Waals surface area contributed by atoms with Gasteiger partial charge in [0.15, 0.2) is 6.29 Å². The normalized spacial score (nSPS) is 25.8. The zero-order valence-corrected chi connectivity index (χ0v) is 28.9. The van der Waals surface area contributed by atoms with Crippen LogP contribution in [0, 0.1) is 23.7 Å². The van der Waals surface area contributed by atoms with Gasteiger partial charge in [0.2, 0.25) is 0 Å². The maximum Gasteiger partial charge on any atom is 0.336 e. The highest BCUT2D eigenvalue weighted by molar-refractivity contribution is 6.02. The van der Waals surface area contributed by atoms with Gasteiger partial charge in [0, 0.05) is 38.0 Å². The molecule has 0 spiro atoms. The minimum Gasteiger partial charge on any atom is -0.459 e. The van der Waals surface area contributed by atoms with Gasteiger partial charge in [-0.25, -0.2) is 9.59 Å². The van der Waals surface area contributed by atoms with E-state index in [0.717, 1.165) is 0 Å². The third kappa shape index (κ3) is 10.8. The molecular formula is C34H50N2O13. The van der Waals surface area contributed by atoms with E-state index in [1.54, 1.807) is 0 Å². The smallest absolute Gasteiger partial charge is 0.336 e. The van der Waals surface area contributed by atoms with Gasteiger partial charge in [-0.15, -0.1) is 10.1 Å². The van der Waals surface area contributed by atoms with Gasteiger partial charge in [-0.05, 0) is 85.5 Å². The highest BCUT2D eigenvalue weighted by Gasteiger charge is 2.39. The number of rotatable bonds is 15. The van der Waals surface area contributed by atoms with Crippen molar-refractivity contribution >= 4 is 41.5 Å². The zero-order chi connectivity index (χ0) is 35.9. The SMILES string of the molecule is CC(C)(CCOC(O)C1CCC(C(=O)ON2C(=O)CCC2=O)CC1)OCCC(C)(C)OC(=O)C1CCC(C(=O)ON2C(=O)CCC2=O)CC1. The van der Waals surface area contributed by atoms with Gasteiger partial charge < -0.3 is 29.0 Å². The topological polar surface area (TPSA) is 192 Å². The lowest BCUT2D eigenvalue weighted by Gasteiger charge is -2.33. The molecule has 2 saturated heterocycles. The molecule has 0 aromatic carbocycles. The fourth-order valence-corrected chi connectivity index (χ4v) is 6.46. The van der Waals surface area contributed by atoms with Crippen molar-refractivity contribution in [1.29, 1.82) is 0 Å². The van der Waals surface area contributed by atoms with Crippen molar-refractivity contribution in [2.24, 2.45) is 23.7 Å². The van der Waals surface area contributed by atoms with E-state index >= 15 is 0 Å². The van der Waals surface area contributed by atoms with Gasteiger partial charge in [-0.1, -0.05) is 0 Å². The molecule has 4 amide bonds. The first kappa shape index (κ1) is 38.4. The number of hydrogen-bond acceptors (Lipinski definition) is 13. The lowest BCUT2D eigenvalue weighted by atomic mass is 9.81. The van der Waals surface area contributed by atoms with Crippen LogP contribution >= 0.6 is 0 Å². The van der Waals surface area contributed by atoms with E-state index < -0.39 is 64.9 Å². The van der Waals surface area contributed by atoms with Crippen LogP contribution in [-0.2, 0) is 57.4 Å². The quantitative estimate of drug-likeness (QED) is 0.150. The Balaban J connectivity index is 1.08. The fourth-order valence-electron chi connectivity index (χ4n) is 6.46. The Hall–Kier alpha value is -3.43. The minimum atomic E-state index is -1.01. The molecule has 0 radical (unpaired) electrons. The summed E-state index contributed by atoms with van der Waals surface area (Å²) in [5.74, 6) is -5.11. The van der Waals surface area contributed by atoms with Gasteiger partial charge in [0.05, 0.1) is 36.6 Å². The number of hydroxylamine groups is 4. The molecule has 1 atom stereocenters. The van der Waals surface area contributed by atoms with E-state index in [0.29, 0.717) is 80.9 Å². The lowest BCUT2D eigenvalue weighted by Crippen LogP contribution is -2.38. The Morgan fingerprint density at radius 3 is 1.47 bits per heavy atom. The Kier molecular flexibility index (Phi) is 12.9. The predicted octanol–water partition coefficient (Wildman–Crippen LogP) is 3.05. The van der Waals surface area contributed by atoms with E-state index in [1.807, 2.05) is 27.7 Å². The van der Waals surface area contributed by atoms with Crippen molar-refractivity contribution in [1.82, 2.24) is 10.1 Å². The molecule has 49 heavy (non-hydrogen) atoms. The average molecular weight is 695 g/mol. The van der Waals surface area contributed by atoms with Crippen LogP contribution < -0.4 is 0 Å². The summed E-state index contributed by atoms with van der Waals surface area (Å²) in [5, 5.41) is 11.7. The number of ether oxygens (including phenoxy) is 3. The molecule has 274 valence electrons. The largest absolute Gasteiger partial charge is 0.459 e. The lowest BCUT2D eigenvalue weighted by molar-refractivity contribution is -0.202. The molecule has 2 heterocycles. The minimum absolute atomic E-state index is 0.0322. The van der Waals surface area contributed by atoms with Crippen LogP contribution in [-0.4, -0.2) is 87.5 Å². The van der Waals surface area contributed by atoms with Crippen molar-refractivity contribution < 1.29 is 62.6 Å². The van der Waals surface area contributed by atoms with Gasteiger partial charge in [0.25, 0.3) is 23.6 Å². The first-order chi connectivity index (χ1) is 23.0. The molecule has 4 fully saturated rings. The number of carbonyl (C=O) groups is 7. The summed E-state index contributed by atoms with van der Waals surface area (Å²) >= 11 is 0. The number of aliphatic hydroxyl groups is 1. The van der Waals surface area contributed by atoms with E-state index in [4.69, 9.17) is 23.9 Å². The summed E-state index contributed by atoms with van der Waals surface area (Å²) < 4.78 is 17.6. The van der Waals surface area contributed by atoms with Gasteiger partial charge >= 0.3 is 17.9 Å². The van der Waals surface area contributed by atoms with Crippen LogP contribution in [0.1, 0.15) is 118 Å². The van der Waals surface area contributed by atoms with Crippen molar-refractivity contribution in [3.05, 3.63) is 0 Å². The molecule has 2 saturated carbocycles. The molecule has 4 rings (SSSR count). The Morgan fingerprint density at radius 1 is 0.633 bits per heavy atom. The standard InChI is InChI=1S/C34H50N2O13/c1-33(2,17-19-45-29(41)21-5-9-23(10-6-21)31(43)48-35-25(37)13-14-26(35)38)46-20-18-34(3,4)47-30(42)22-7-11-24(12-8-22)32(44)49-36-27(39)15-16-28(36)40/h21-24,29,41H,5-20H2,1-4H3. The van der Waals surface area contributed by atoms with Crippen molar-refractivity contribution in [3.63, 3.8) is 0 Å². The number of aliphatic hydroxyl groups excluding tert-OH is 1. The Morgan fingerprint density at radius 2 is 1.02 bits per heavy atom. The highest BCUT2D eigenvalue weighted by atomic mass is 16.7. The van der Waals surface area contributed by atoms with E-state index in [1.165, 1.54) is 0 Å². The van der Waals surface area contributed by atoms with Gasteiger partial charge in [-0.3, -0.25) is 24.0 Å². The molecule has 0 aromatic heterocycles. The molecule has 2 aliphatic carbocycles. The third-order valence-electron chi connectivity index (χ3n) is 9.84. The second-order valence-corrected chi connectivity index (χ2v) is 14.7. The summed E-state index contributed by atoms with van der Waals surface area (Å²) in [4.78, 5) is 94.8. The fraction of sp³-hybridized carbons (Fsp3) is 0.794. The van der Waals surface area contributed by atoms with Crippen LogP contribution in [0.2, 0.25) is 0 Å². The number of imide groups is 2. The number of nitrogens with zero attached hydrogens (tertiary/aromatic N) is 2. The van der Waals surface area contributed by atoms with Crippen LogP contribution in [0.25, 0.3) is 0 Å². The number of carbonyl (C=O) groups excluding carboxylic acids is 7. The molecule has 0 aromatic rings. The van der Waals surface area contributed by atoms with E-state index in [2.05, 4.69) is 0 Å². The van der Waals surface area contributed by atoms with Crippen LogP contribution in [0.5, 0.6) is 0 Å². The van der Waals surface area contributed by atoms with E-state index in [9.17, 15) is 38.7 Å². The molecule has 2 aliphatic heterocycles. The summed E-state index contributed by atoms with van der Waals surface area (Å²) in [6, 6.07) is 0. The number of hydrogen-bond donors (Lipinski definition) is 1. The van der Waals surface area contributed by atoms with Crippen LogP contribution in [0.4, 0.5) is 0 Å². The predicted molar refractivity (Wildman–Crippen MR) is 167 cm³/mol. The monoisotopic (exact) mass is 694 g/mol. The molecule has 4 aliphatic rings. The summed E-state index contributed by atoms with van der Waals surface area (Å²) in [5.41, 5.74) is -1.38. The molecule has 1 unspecified atom stereocenters. The van der Waals surface area contributed by atoms with Gasteiger partial charge in [-0.2, -0.15) is 0 Å².